The highest BCUT2D eigenvalue weighted by Crippen LogP contribution is 2.31. The quantitative estimate of drug-likeness (QED) is 0.622. The van der Waals surface area contributed by atoms with Gasteiger partial charge in [0.2, 0.25) is 0 Å². The molecule has 2 rings (SSSR count). The standard InChI is InChI=1S/C17H18N2O5/c1-12(17(20)18-11-13-6-4-3-5-7-13)24-16-10-14(19(21)22)8-9-15(16)23-2/h3-10,12H,11H2,1-2H3,(H,18,20)/t12-/m0/s1. The Balaban J connectivity index is 2.02. The number of rotatable bonds is 7. The lowest BCUT2D eigenvalue weighted by atomic mass is 10.2. The smallest absolute Gasteiger partial charge is 0.273 e. The molecule has 0 aliphatic rings. The summed E-state index contributed by atoms with van der Waals surface area (Å²) in [6, 6.07) is 13.4. The van der Waals surface area contributed by atoms with Crippen molar-refractivity contribution in [2.24, 2.45) is 0 Å². The third kappa shape index (κ3) is 4.45. The molecule has 0 spiro atoms. The van der Waals surface area contributed by atoms with E-state index in [0.717, 1.165) is 5.56 Å². The zero-order valence-corrected chi connectivity index (χ0v) is 13.4. The van der Waals surface area contributed by atoms with Crippen molar-refractivity contribution in [2.75, 3.05) is 7.11 Å². The van der Waals surface area contributed by atoms with Crippen molar-refractivity contribution in [3.05, 3.63) is 64.2 Å². The van der Waals surface area contributed by atoms with E-state index in [1.54, 1.807) is 6.92 Å². The van der Waals surface area contributed by atoms with Gasteiger partial charge in [0.15, 0.2) is 17.6 Å². The number of nitrogens with zero attached hydrogens (tertiary/aromatic N) is 1. The van der Waals surface area contributed by atoms with Crippen LogP contribution in [0.5, 0.6) is 11.5 Å². The Bertz CT molecular complexity index is 718. The number of carbonyl (C=O) groups excluding carboxylic acids is 1. The van der Waals surface area contributed by atoms with Gasteiger partial charge in [-0.1, -0.05) is 30.3 Å². The molecule has 1 amide bonds. The number of benzene rings is 2. The van der Waals surface area contributed by atoms with Gasteiger partial charge in [-0.15, -0.1) is 0 Å². The summed E-state index contributed by atoms with van der Waals surface area (Å²) >= 11 is 0. The largest absolute Gasteiger partial charge is 0.493 e. The van der Waals surface area contributed by atoms with Crippen LogP contribution in [0.3, 0.4) is 0 Å². The fraction of sp³-hybridized carbons (Fsp3) is 0.235. The van der Waals surface area contributed by atoms with Gasteiger partial charge < -0.3 is 14.8 Å². The number of nitro groups is 1. The molecule has 0 saturated heterocycles. The van der Waals surface area contributed by atoms with Crippen molar-refractivity contribution in [1.29, 1.82) is 0 Å². The van der Waals surface area contributed by atoms with E-state index in [-0.39, 0.29) is 17.3 Å². The first-order chi connectivity index (χ1) is 11.5. The molecule has 7 heteroatoms. The SMILES string of the molecule is COc1ccc([N+](=O)[O-])cc1O[C@@H](C)C(=O)NCc1ccccc1. The van der Waals surface area contributed by atoms with Crippen LogP contribution in [0.4, 0.5) is 5.69 Å². The Labute approximate surface area is 139 Å². The van der Waals surface area contributed by atoms with Crippen LogP contribution >= 0.6 is 0 Å². The molecule has 0 saturated carbocycles. The Morgan fingerprint density at radius 2 is 1.92 bits per heavy atom. The van der Waals surface area contributed by atoms with Crippen molar-refractivity contribution >= 4 is 11.6 Å². The minimum absolute atomic E-state index is 0.136. The minimum Gasteiger partial charge on any atom is -0.493 e. The molecule has 2 aromatic rings. The average molecular weight is 330 g/mol. The lowest BCUT2D eigenvalue weighted by Crippen LogP contribution is -2.35. The van der Waals surface area contributed by atoms with Gasteiger partial charge in [0.1, 0.15) is 0 Å². The summed E-state index contributed by atoms with van der Waals surface area (Å²) in [6.07, 6.45) is -0.829. The summed E-state index contributed by atoms with van der Waals surface area (Å²) in [5.41, 5.74) is 0.827. The third-order valence-electron chi connectivity index (χ3n) is 3.34. The molecule has 0 aromatic heterocycles. The van der Waals surface area contributed by atoms with Crippen LogP contribution in [0.2, 0.25) is 0 Å². The van der Waals surface area contributed by atoms with Crippen LogP contribution in [-0.4, -0.2) is 24.0 Å². The first-order valence-electron chi connectivity index (χ1n) is 7.32. The highest BCUT2D eigenvalue weighted by Gasteiger charge is 2.19. The van der Waals surface area contributed by atoms with E-state index in [9.17, 15) is 14.9 Å². The normalized spacial score (nSPS) is 11.4. The summed E-state index contributed by atoms with van der Waals surface area (Å²) in [6.45, 7) is 1.94. The van der Waals surface area contributed by atoms with Gasteiger partial charge in [0.05, 0.1) is 18.1 Å². The zero-order valence-electron chi connectivity index (χ0n) is 13.4. The van der Waals surface area contributed by atoms with Crippen molar-refractivity contribution < 1.29 is 19.2 Å². The van der Waals surface area contributed by atoms with Crippen LogP contribution in [0, 0.1) is 10.1 Å². The van der Waals surface area contributed by atoms with Crippen molar-refractivity contribution in [3.63, 3.8) is 0 Å². The number of amides is 1. The van der Waals surface area contributed by atoms with Gasteiger partial charge in [0.25, 0.3) is 11.6 Å². The molecule has 0 unspecified atom stereocenters. The number of methoxy groups -OCH3 is 1. The molecule has 2 aromatic carbocycles. The second-order valence-corrected chi connectivity index (χ2v) is 5.06. The van der Waals surface area contributed by atoms with Gasteiger partial charge >= 0.3 is 0 Å². The van der Waals surface area contributed by atoms with Gasteiger partial charge in [-0.05, 0) is 18.6 Å². The highest BCUT2D eigenvalue weighted by molar-refractivity contribution is 5.80. The maximum absolute atomic E-state index is 12.1. The molecule has 126 valence electrons. The van der Waals surface area contributed by atoms with Crippen LogP contribution in [0.15, 0.2) is 48.5 Å². The fourth-order valence-electron chi connectivity index (χ4n) is 2.04. The number of nitrogens with one attached hydrogen (secondary N) is 1. The van der Waals surface area contributed by atoms with Crippen molar-refractivity contribution in [1.82, 2.24) is 5.32 Å². The molecule has 24 heavy (non-hydrogen) atoms. The van der Waals surface area contributed by atoms with Gasteiger partial charge in [-0.3, -0.25) is 14.9 Å². The predicted molar refractivity (Wildman–Crippen MR) is 88.0 cm³/mol. The van der Waals surface area contributed by atoms with Crippen LogP contribution in [0.25, 0.3) is 0 Å². The topological polar surface area (TPSA) is 90.7 Å². The lowest BCUT2D eigenvalue weighted by Gasteiger charge is -2.16. The summed E-state index contributed by atoms with van der Waals surface area (Å²) in [4.78, 5) is 22.5. The molecule has 1 N–H and O–H groups in total. The summed E-state index contributed by atoms with van der Waals surface area (Å²) in [5, 5.41) is 13.6. The molecular formula is C17H18N2O5. The van der Waals surface area contributed by atoms with E-state index in [1.807, 2.05) is 30.3 Å². The Kier molecular flexibility index (Phi) is 5.73. The number of ether oxygens (including phenoxy) is 2. The van der Waals surface area contributed by atoms with E-state index in [2.05, 4.69) is 5.32 Å². The van der Waals surface area contributed by atoms with Gasteiger partial charge in [-0.25, -0.2) is 0 Å². The molecule has 1 atom stereocenters. The maximum atomic E-state index is 12.1. The Hall–Kier alpha value is -3.09. The van der Waals surface area contributed by atoms with Crippen LogP contribution in [-0.2, 0) is 11.3 Å². The number of carbonyl (C=O) groups is 1. The molecule has 0 radical (unpaired) electrons. The van der Waals surface area contributed by atoms with Crippen molar-refractivity contribution in [2.45, 2.75) is 19.6 Å². The lowest BCUT2D eigenvalue weighted by molar-refractivity contribution is -0.385. The van der Waals surface area contributed by atoms with Gasteiger partial charge in [-0.2, -0.15) is 0 Å². The molecule has 0 fully saturated rings. The summed E-state index contributed by atoms with van der Waals surface area (Å²) < 4.78 is 10.6. The fourth-order valence-corrected chi connectivity index (χ4v) is 2.04. The first-order valence-corrected chi connectivity index (χ1v) is 7.32. The number of hydrogen-bond acceptors (Lipinski definition) is 5. The van der Waals surface area contributed by atoms with Crippen LogP contribution < -0.4 is 14.8 Å². The Morgan fingerprint density at radius 1 is 1.21 bits per heavy atom. The number of non-ortho nitro benzene ring substituents is 1. The summed E-state index contributed by atoms with van der Waals surface area (Å²) in [5.74, 6) is 0.143. The average Bonchev–Trinajstić information content (AvgIpc) is 2.60. The maximum Gasteiger partial charge on any atom is 0.273 e. The summed E-state index contributed by atoms with van der Waals surface area (Å²) in [7, 11) is 1.42. The highest BCUT2D eigenvalue weighted by atomic mass is 16.6. The minimum atomic E-state index is -0.829. The van der Waals surface area contributed by atoms with Crippen molar-refractivity contribution in [3.8, 4) is 11.5 Å². The van der Waals surface area contributed by atoms with E-state index in [1.165, 1.54) is 25.3 Å². The van der Waals surface area contributed by atoms with E-state index in [4.69, 9.17) is 9.47 Å². The van der Waals surface area contributed by atoms with Gasteiger partial charge in [0, 0.05) is 12.6 Å². The monoisotopic (exact) mass is 330 g/mol. The molecule has 0 aliphatic heterocycles. The number of hydrogen-bond donors (Lipinski definition) is 1. The predicted octanol–water partition coefficient (Wildman–Crippen LogP) is 2.69. The van der Waals surface area contributed by atoms with Crippen LogP contribution in [0.1, 0.15) is 12.5 Å². The van der Waals surface area contributed by atoms with E-state index < -0.39 is 11.0 Å². The zero-order chi connectivity index (χ0) is 17.5. The second-order valence-electron chi connectivity index (χ2n) is 5.06. The third-order valence-corrected chi connectivity index (χ3v) is 3.34. The molecule has 0 bridgehead atoms. The number of nitro benzene ring substituents is 1. The molecular weight excluding hydrogens is 312 g/mol. The van der Waals surface area contributed by atoms with E-state index >= 15 is 0 Å². The molecule has 0 heterocycles. The first kappa shape index (κ1) is 17.3. The van der Waals surface area contributed by atoms with E-state index in [0.29, 0.717) is 12.3 Å². The molecule has 7 nitrogen and oxygen atoms in total. The second kappa shape index (κ2) is 7.96. The Morgan fingerprint density at radius 3 is 2.54 bits per heavy atom. The molecule has 0 aliphatic carbocycles.